The minimum absolute atomic E-state index is 0.870. The van der Waals surface area contributed by atoms with Crippen molar-refractivity contribution in [3.8, 4) is 0 Å². The lowest BCUT2D eigenvalue weighted by Crippen LogP contribution is -1.96. The molecule has 2 aromatic carbocycles. The van der Waals surface area contributed by atoms with Crippen molar-refractivity contribution in [1.82, 2.24) is 19.9 Å². The molecule has 0 atom stereocenters. The molecule has 8 nitrogen and oxygen atoms in total. The molecular formula is C17H16N4O4S. The Morgan fingerprint density at radius 1 is 0.692 bits per heavy atom. The van der Waals surface area contributed by atoms with E-state index in [2.05, 4.69) is 24.1 Å². The van der Waals surface area contributed by atoms with Crippen LogP contribution in [0.1, 0.15) is 0 Å². The van der Waals surface area contributed by atoms with Gasteiger partial charge in [-0.1, -0.05) is 24.3 Å². The molecule has 0 bridgehead atoms. The standard InChI is InChI=1S/2C8H6N2.CH4O4S/c2*1-2-4-8-7(3-1)9-5-6-10-8;1-5-6(2,3)4/h2*1-6H;1H3,(H,2,3,4). The zero-order valence-corrected chi connectivity index (χ0v) is 14.6. The van der Waals surface area contributed by atoms with E-state index in [1.165, 1.54) is 0 Å². The van der Waals surface area contributed by atoms with Crippen molar-refractivity contribution in [2.75, 3.05) is 7.11 Å². The first-order chi connectivity index (χ1) is 12.5. The zero-order chi connectivity index (χ0) is 18.8. The number of rotatable bonds is 1. The summed E-state index contributed by atoms with van der Waals surface area (Å²) < 4.78 is 29.7. The van der Waals surface area contributed by atoms with Gasteiger partial charge in [-0.25, -0.2) is 0 Å². The second kappa shape index (κ2) is 9.47. The predicted molar refractivity (Wildman–Crippen MR) is 97.6 cm³/mol. The SMILES string of the molecule is COS(=O)(=O)O.c1ccc2nccnc2c1.c1ccc2nccnc2c1. The predicted octanol–water partition coefficient (Wildman–Crippen LogP) is 2.70. The third kappa shape index (κ3) is 6.48. The molecule has 0 aliphatic carbocycles. The lowest BCUT2D eigenvalue weighted by Gasteiger charge is -1.90. The summed E-state index contributed by atoms with van der Waals surface area (Å²) in [5.41, 5.74) is 3.80. The van der Waals surface area contributed by atoms with Crippen molar-refractivity contribution in [3.05, 3.63) is 73.3 Å². The fourth-order valence-corrected chi connectivity index (χ4v) is 1.82. The van der Waals surface area contributed by atoms with Gasteiger partial charge in [-0.2, -0.15) is 8.42 Å². The van der Waals surface area contributed by atoms with Crippen LogP contribution >= 0.6 is 0 Å². The van der Waals surface area contributed by atoms with Crippen LogP contribution in [0, 0.1) is 0 Å². The van der Waals surface area contributed by atoms with Crippen LogP contribution in [0.2, 0.25) is 0 Å². The molecule has 0 fully saturated rings. The lowest BCUT2D eigenvalue weighted by atomic mass is 10.3. The van der Waals surface area contributed by atoms with E-state index in [1.54, 1.807) is 24.8 Å². The second-order valence-electron chi connectivity index (χ2n) is 4.68. The van der Waals surface area contributed by atoms with E-state index in [-0.39, 0.29) is 0 Å². The monoisotopic (exact) mass is 372 g/mol. The highest BCUT2D eigenvalue weighted by Crippen LogP contribution is 2.05. The van der Waals surface area contributed by atoms with E-state index in [9.17, 15) is 8.42 Å². The summed E-state index contributed by atoms with van der Waals surface area (Å²) in [6.07, 6.45) is 6.79. The van der Waals surface area contributed by atoms with E-state index in [0.29, 0.717) is 0 Å². The first-order valence-electron chi connectivity index (χ1n) is 7.34. The smallest absolute Gasteiger partial charge is 0.264 e. The minimum Gasteiger partial charge on any atom is -0.264 e. The average molecular weight is 372 g/mol. The van der Waals surface area contributed by atoms with Gasteiger partial charge in [0, 0.05) is 24.8 Å². The van der Waals surface area contributed by atoms with Crippen LogP contribution < -0.4 is 0 Å². The molecule has 0 aliphatic heterocycles. The molecule has 0 spiro atoms. The summed E-state index contributed by atoms with van der Waals surface area (Å²) in [5, 5.41) is 0. The topological polar surface area (TPSA) is 115 Å². The van der Waals surface area contributed by atoms with Gasteiger partial charge in [0.25, 0.3) is 0 Å². The van der Waals surface area contributed by atoms with Gasteiger partial charge in [0.2, 0.25) is 0 Å². The maximum Gasteiger partial charge on any atom is 0.397 e. The van der Waals surface area contributed by atoms with Gasteiger partial charge in [0.15, 0.2) is 0 Å². The zero-order valence-electron chi connectivity index (χ0n) is 13.8. The molecule has 4 rings (SSSR count). The third-order valence-corrected chi connectivity index (χ3v) is 3.38. The summed E-state index contributed by atoms with van der Waals surface area (Å²) in [5.74, 6) is 0. The highest BCUT2D eigenvalue weighted by molar-refractivity contribution is 7.80. The summed E-state index contributed by atoms with van der Waals surface area (Å²) in [6, 6.07) is 15.6. The number of nitrogens with zero attached hydrogens (tertiary/aromatic N) is 4. The number of para-hydroxylation sites is 4. The number of aromatic nitrogens is 4. The molecule has 0 aliphatic rings. The molecule has 2 aromatic heterocycles. The highest BCUT2D eigenvalue weighted by atomic mass is 32.3. The normalized spacial score (nSPS) is 10.4. The number of fused-ring (bicyclic) bond motifs is 2. The lowest BCUT2D eigenvalue weighted by molar-refractivity contribution is 0.324. The summed E-state index contributed by atoms with van der Waals surface area (Å²) in [6.45, 7) is 0. The van der Waals surface area contributed by atoms with Crippen molar-refractivity contribution in [3.63, 3.8) is 0 Å². The first-order valence-corrected chi connectivity index (χ1v) is 8.70. The number of hydrogen-bond acceptors (Lipinski definition) is 7. The molecule has 0 saturated carbocycles. The van der Waals surface area contributed by atoms with Gasteiger partial charge in [-0.3, -0.25) is 28.7 Å². The van der Waals surface area contributed by atoms with E-state index >= 15 is 0 Å². The molecule has 134 valence electrons. The molecule has 0 radical (unpaired) electrons. The molecule has 0 saturated heterocycles. The van der Waals surface area contributed by atoms with E-state index in [1.807, 2.05) is 48.5 Å². The van der Waals surface area contributed by atoms with Crippen LogP contribution in [0.5, 0.6) is 0 Å². The molecule has 1 N–H and O–H groups in total. The Bertz CT molecular complexity index is 872. The molecule has 4 aromatic rings. The molecule has 9 heteroatoms. The molecule has 0 unspecified atom stereocenters. The van der Waals surface area contributed by atoms with Crippen LogP contribution in [0.4, 0.5) is 0 Å². The summed E-state index contributed by atoms with van der Waals surface area (Å²) in [7, 11) is -3.29. The fourth-order valence-electron chi connectivity index (χ4n) is 1.82. The van der Waals surface area contributed by atoms with E-state index in [0.717, 1.165) is 29.2 Å². The molecule has 2 heterocycles. The van der Waals surface area contributed by atoms with Gasteiger partial charge < -0.3 is 0 Å². The Morgan fingerprint density at radius 2 is 0.923 bits per heavy atom. The quantitative estimate of drug-likeness (QED) is 0.507. The van der Waals surface area contributed by atoms with Crippen molar-refractivity contribution < 1.29 is 17.2 Å². The molecular weight excluding hydrogens is 356 g/mol. The van der Waals surface area contributed by atoms with Crippen LogP contribution in [0.15, 0.2) is 73.3 Å². The van der Waals surface area contributed by atoms with Gasteiger partial charge >= 0.3 is 10.4 Å². The Kier molecular flexibility index (Phi) is 7.03. The fraction of sp³-hybridized carbons (Fsp3) is 0.0588. The van der Waals surface area contributed by atoms with Crippen molar-refractivity contribution in [1.29, 1.82) is 0 Å². The van der Waals surface area contributed by atoms with E-state index < -0.39 is 10.4 Å². The average Bonchev–Trinajstić information content (AvgIpc) is 2.69. The van der Waals surface area contributed by atoms with Crippen molar-refractivity contribution in [2.45, 2.75) is 0 Å². The molecule has 0 amide bonds. The Balaban J connectivity index is 0.000000146. The first kappa shape index (κ1) is 19.3. The van der Waals surface area contributed by atoms with Gasteiger partial charge in [0.1, 0.15) is 0 Å². The Morgan fingerprint density at radius 3 is 1.12 bits per heavy atom. The number of benzene rings is 2. The van der Waals surface area contributed by atoms with Crippen molar-refractivity contribution >= 4 is 32.5 Å². The van der Waals surface area contributed by atoms with Crippen molar-refractivity contribution in [2.24, 2.45) is 0 Å². The summed E-state index contributed by atoms with van der Waals surface area (Å²) in [4.78, 5) is 16.5. The van der Waals surface area contributed by atoms with Gasteiger partial charge in [-0.15, -0.1) is 0 Å². The third-order valence-electron chi connectivity index (χ3n) is 2.96. The molecule has 26 heavy (non-hydrogen) atoms. The van der Waals surface area contributed by atoms with Crippen LogP contribution in [0.25, 0.3) is 22.1 Å². The second-order valence-corrected chi connectivity index (χ2v) is 5.87. The summed E-state index contributed by atoms with van der Waals surface area (Å²) >= 11 is 0. The van der Waals surface area contributed by atoms with Gasteiger partial charge in [-0.05, 0) is 24.3 Å². The van der Waals surface area contributed by atoms with Crippen LogP contribution in [-0.2, 0) is 14.6 Å². The minimum atomic E-state index is -4.16. The Labute approximate surface area is 150 Å². The number of hydrogen-bond donors (Lipinski definition) is 1. The van der Waals surface area contributed by atoms with Gasteiger partial charge in [0.05, 0.1) is 29.2 Å². The maximum atomic E-state index is 9.33. The Hall–Kier alpha value is -3.01. The maximum absolute atomic E-state index is 9.33. The van der Waals surface area contributed by atoms with E-state index in [4.69, 9.17) is 4.55 Å². The van der Waals surface area contributed by atoms with Crippen LogP contribution in [0.3, 0.4) is 0 Å². The highest BCUT2D eigenvalue weighted by Gasteiger charge is 1.94. The largest absolute Gasteiger partial charge is 0.397 e. The van der Waals surface area contributed by atoms with Crippen LogP contribution in [-0.4, -0.2) is 40.0 Å².